The molecule has 3 heteroatoms. The van der Waals surface area contributed by atoms with Crippen molar-refractivity contribution in [1.82, 2.24) is 10.3 Å². The summed E-state index contributed by atoms with van der Waals surface area (Å²) in [7, 11) is 0. The van der Waals surface area contributed by atoms with Crippen LogP contribution in [-0.2, 0) is 6.54 Å². The highest BCUT2D eigenvalue weighted by molar-refractivity contribution is 5.81. The van der Waals surface area contributed by atoms with Crippen LogP contribution in [0.25, 0.3) is 10.9 Å². The molecule has 0 fully saturated rings. The third kappa shape index (κ3) is 3.28. The van der Waals surface area contributed by atoms with E-state index in [4.69, 9.17) is 0 Å². The fourth-order valence-electron chi connectivity index (χ4n) is 2.19. The number of aromatic nitrogens is 1. The Hall–Kier alpha value is -1.45. The molecule has 1 aromatic heterocycles. The largest absolute Gasteiger partial charge is 0.393 e. The van der Waals surface area contributed by atoms with Crippen molar-refractivity contribution in [2.75, 3.05) is 0 Å². The molecule has 18 heavy (non-hydrogen) atoms. The normalized spacial score (nSPS) is 14.6. The van der Waals surface area contributed by atoms with Gasteiger partial charge in [-0.3, -0.25) is 4.98 Å². The molecular weight excluding hydrogens is 224 g/mol. The molecule has 2 rings (SSSR count). The second-order valence-corrected chi connectivity index (χ2v) is 4.86. The van der Waals surface area contributed by atoms with Crippen molar-refractivity contribution in [3.63, 3.8) is 0 Å². The van der Waals surface area contributed by atoms with Gasteiger partial charge in [0, 0.05) is 24.2 Å². The molecule has 0 radical (unpaired) electrons. The number of hydrogen-bond acceptors (Lipinski definition) is 3. The highest BCUT2D eigenvalue weighted by atomic mass is 16.3. The lowest BCUT2D eigenvalue weighted by atomic mass is 10.1. The van der Waals surface area contributed by atoms with Crippen LogP contribution < -0.4 is 5.32 Å². The van der Waals surface area contributed by atoms with Crippen LogP contribution in [0.4, 0.5) is 0 Å². The average molecular weight is 244 g/mol. The standard InChI is InChI=1S/C15H20N2O/c1-11(9-12(2)18)17-10-14-6-3-5-13-7-4-8-16-15(13)14/h3-8,11-12,17-18H,9-10H2,1-2H3. The van der Waals surface area contributed by atoms with E-state index in [1.807, 2.05) is 19.2 Å². The molecule has 0 aliphatic carbocycles. The van der Waals surface area contributed by atoms with Gasteiger partial charge in [0.25, 0.3) is 0 Å². The number of nitrogens with one attached hydrogen (secondary N) is 1. The topological polar surface area (TPSA) is 45.1 Å². The number of nitrogens with zero attached hydrogens (tertiary/aromatic N) is 1. The Morgan fingerprint density at radius 1 is 1.22 bits per heavy atom. The maximum absolute atomic E-state index is 9.34. The summed E-state index contributed by atoms with van der Waals surface area (Å²) in [5, 5.41) is 13.9. The molecule has 0 amide bonds. The summed E-state index contributed by atoms with van der Waals surface area (Å²) >= 11 is 0. The van der Waals surface area contributed by atoms with E-state index in [1.54, 1.807) is 0 Å². The van der Waals surface area contributed by atoms with E-state index in [-0.39, 0.29) is 6.10 Å². The number of fused-ring (bicyclic) bond motifs is 1. The van der Waals surface area contributed by atoms with Crippen LogP contribution in [0.5, 0.6) is 0 Å². The van der Waals surface area contributed by atoms with Crippen LogP contribution in [0.15, 0.2) is 36.5 Å². The van der Waals surface area contributed by atoms with Crippen molar-refractivity contribution in [1.29, 1.82) is 0 Å². The molecule has 2 N–H and O–H groups in total. The Kier molecular flexibility index (Phi) is 4.28. The second kappa shape index (κ2) is 5.94. The molecule has 0 saturated carbocycles. The van der Waals surface area contributed by atoms with Gasteiger partial charge in [-0.15, -0.1) is 0 Å². The first-order valence-electron chi connectivity index (χ1n) is 6.41. The quantitative estimate of drug-likeness (QED) is 0.849. The molecule has 1 heterocycles. The predicted molar refractivity (Wildman–Crippen MR) is 74.3 cm³/mol. The lowest BCUT2D eigenvalue weighted by Crippen LogP contribution is -2.28. The molecule has 2 unspecified atom stereocenters. The van der Waals surface area contributed by atoms with Crippen LogP contribution in [0.3, 0.4) is 0 Å². The zero-order valence-electron chi connectivity index (χ0n) is 10.9. The molecule has 0 aliphatic heterocycles. The van der Waals surface area contributed by atoms with Gasteiger partial charge in [0.05, 0.1) is 11.6 Å². The smallest absolute Gasteiger partial charge is 0.0746 e. The number of hydrogen-bond donors (Lipinski definition) is 2. The van der Waals surface area contributed by atoms with Crippen molar-refractivity contribution in [3.05, 3.63) is 42.1 Å². The van der Waals surface area contributed by atoms with Crippen molar-refractivity contribution >= 4 is 10.9 Å². The fourth-order valence-corrected chi connectivity index (χ4v) is 2.19. The van der Waals surface area contributed by atoms with Crippen molar-refractivity contribution < 1.29 is 5.11 Å². The van der Waals surface area contributed by atoms with E-state index >= 15 is 0 Å². The third-order valence-corrected chi connectivity index (χ3v) is 3.05. The lowest BCUT2D eigenvalue weighted by molar-refractivity contribution is 0.170. The number of aliphatic hydroxyl groups excluding tert-OH is 1. The summed E-state index contributed by atoms with van der Waals surface area (Å²) in [4.78, 5) is 4.43. The van der Waals surface area contributed by atoms with Gasteiger partial charge in [-0.25, -0.2) is 0 Å². The number of para-hydroxylation sites is 1. The van der Waals surface area contributed by atoms with E-state index < -0.39 is 0 Å². The first kappa shape index (κ1) is 13.0. The highest BCUT2D eigenvalue weighted by Crippen LogP contribution is 2.15. The number of aliphatic hydroxyl groups is 1. The molecule has 1 aromatic carbocycles. The molecule has 96 valence electrons. The summed E-state index contributed by atoms with van der Waals surface area (Å²) in [6, 6.07) is 10.5. The molecule has 2 aromatic rings. The molecule has 0 spiro atoms. The SMILES string of the molecule is CC(O)CC(C)NCc1cccc2cccnc12. The monoisotopic (exact) mass is 244 g/mol. The summed E-state index contributed by atoms with van der Waals surface area (Å²) < 4.78 is 0. The van der Waals surface area contributed by atoms with Gasteiger partial charge in [-0.1, -0.05) is 24.3 Å². The van der Waals surface area contributed by atoms with Crippen molar-refractivity contribution in [3.8, 4) is 0 Å². The Bertz CT molecular complexity index is 505. The van der Waals surface area contributed by atoms with Gasteiger partial charge in [0.1, 0.15) is 0 Å². The van der Waals surface area contributed by atoms with E-state index in [0.29, 0.717) is 6.04 Å². The van der Waals surface area contributed by atoms with Gasteiger partial charge < -0.3 is 10.4 Å². The highest BCUT2D eigenvalue weighted by Gasteiger charge is 2.07. The van der Waals surface area contributed by atoms with Crippen LogP contribution in [0.2, 0.25) is 0 Å². The zero-order chi connectivity index (χ0) is 13.0. The van der Waals surface area contributed by atoms with Crippen LogP contribution in [0, 0.1) is 0 Å². The number of pyridine rings is 1. The van der Waals surface area contributed by atoms with Crippen LogP contribution >= 0.6 is 0 Å². The zero-order valence-corrected chi connectivity index (χ0v) is 10.9. The first-order chi connectivity index (χ1) is 8.66. The fraction of sp³-hybridized carbons (Fsp3) is 0.400. The first-order valence-corrected chi connectivity index (χ1v) is 6.41. The van der Waals surface area contributed by atoms with Crippen LogP contribution in [-0.4, -0.2) is 22.2 Å². The predicted octanol–water partition coefficient (Wildman–Crippen LogP) is 2.48. The maximum atomic E-state index is 9.34. The minimum atomic E-state index is -0.266. The van der Waals surface area contributed by atoms with Gasteiger partial charge in [0.15, 0.2) is 0 Å². The molecule has 0 aliphatic rings. The summed E-state index contributed by atoms with van der Waals surface area (Å²) in [5.74, 6) is 0. The second-order valence-electron chi connectivity index (χ2n) is 4.86. The van der Waals surface area contributed by atoms with Gasteiger partial charge in [0.2, 0.25) is 0 Å². The minimum absolute atomic E-state index is 0.266. The van der Waals surface area contributed by atoms with E-state index in [2.05, 4.69) is 41.5 Å². The van der Waals surface area contributed by atoms with Gasteiger partial charge in [-0.2, -0.15) is 0 Å². The number of benzene rings is 1. The summed E-state index contributed by atoms with van der Waals surface area (Å²) in [6.07, 6.45) is 2.32. The Balaban J connectivity index is 2.08. The molecule has 3 nitrogen and oxygen atoms in total. The lowest BCUT2D eigenvalue weighted by Gasteiger charge is -2.16. The van der Waals surface area contributed by atoms with Crippen LogP contribution in [0.1, 0.15) is 25.8 Å². The van der Waals surface area contributed by atoms with E-state index in [1.165, 1.54) is 10.9 Å². The number of rotatable bonds is 5. The minimum Gasteiger partial charge on any atom is -0.393 e. The van der Waals surface area contributed by atoms with Crippen molar-refractivity contribution in [2.45, 2.75) is 39.0 Å². The molecule has 2 atom stereocenters. The maximum Gasteiger partial charge on any atom is 0.0746 e. The molecule has 0 bridgehead atoms. The third-order valence-electron chi connectivity index (χ3n) is 3.05. The van der Waals surface area contributed by atoms with E-state index in [0.717, 1.165) is 18.5 Å². The average Bonchev–Trinajstić information content (AvgIpc) is 2.35. The van der Waals surface area contributed by atoms with Gasteiger partial charge in [-0.05, 0) is 31.9 Å². The Labute approximate surface area is 108 Å². The van der Waals surface area contributed by atoms with Crippen molar-refractivity contribution in [2.24, 2.45) is 0 Å². The Morgan fingerprint density at radius 3 is 2.78 bits per heavy atom. The van der Waals surface area contributed by atoms with E-state index in [9.17, 15) is 5.11 Å². The molecule has 0 saturated heterocycles. The summed E-state index contributed by atoms with van der Waals surface area (Å²) in [6.45, 7) is 4.69. The van der Waals surface area contributed by atoms with Gasteiger partial charge >= 0.3 is 0 Å². The molecular formula is C15H20N2O. The Morgan fingerprint density at radius 2 is 2.00 bits per heavy atom. The summed E-state index contributed by atoms with van der Waals surface area (Å²) in [5.41, 5.74) is 2.25.